The molecule has 1 N–H and O–H groups in total. The first-order valence-corrected chi connectivity index (χ1v) is 9.44. The molecular weight excluding hydrogens is 342 g/mol. The Hall–Kier alpha value is -3.65. The highest BCUT2D eigenvalue weighted by Gasteiger charge is 2.23. The van der Waals surface area contributed by atoms with E-state index in [2.05, 4.69) is 53.7 Å². The summed E-state index contributed by atoms with van der Waals surface area (Å²) >= 11 is 0. The van der Waals surface area contributed by atoms with Crippen LogP contribution in [0.1, 0.15) is 22.3 Å². The average molecular weight is 361 g/mol. The summed E-state index contributed by atoms with van der Waals surface area (Å²) in [6, 6.07) is 33.1. The largest absolute Gasteiger partial charge is 0.410 e. The van der Waals surface area contributed by atoms with Crippen LogP contribution in [0.3, 0.4) is 0 Å². The van der Waals surface area contributed by atoms with Crippen molar-refractivity contribution in [3.8, 4) is 22.3 Å². The summed E-state index contributed by atoms with van der Waals surface area (Å²) in [5.74, 6) is 0. The van der Waals surface area contributed by atoms with Gasteiger partial charge in [0, 0.05) is 11.1 Å². The fourth-order valence-corrected chi connectivity index (χ4v) is 4.20. The van der Waals surface area contributed by atoms with Gasteiger partial charge in [0.25, 0.3) is 0 Å². The zero-order valence-electron chi connectivity index (χ0n) is 15.3. The van der Waals surface area contributed by atoms with E-state index in [0.29, 0.717) is 5.71 Å². The van der Waals surface area contributed by atoms with E-state index in [9.17, 15) is 5.21 Å². The van der Waals surface area contributed by atoms with Crippen molar-refractivity contribution >= 4 is 5.71 Å². The molecule has 0 unspecified atom stereocenters. The minimum atomic E-state index is 0.587. The van der Waals surface area contributed by atoms with E-state index in [1.165, 1.54) is 27.8 Å². The number of benzene rings is 4. The van der Waals surface area contributed by atoms with Gasteiger partial charge in [0.05, 0.1) is 0 Å². The second kappa shape index (κ2) is 6.82. The molecule has 0 aromatic heterocycles. The van der Waals surface area contributed by atoms with Crippen molar-refractivity contribution in [2.75, 3.05) is 0 Å². The Kier molecular flexibility index (Phi) is 4.02. The van der Waals surface area contributed by atoms with Crippen LogP contribution in [0.25, 0.3) is 22.3 Å². The van der Waals surface area contributed by atoms with Gasteiger partial charge >= 0.3 is 0 Å². The van der Waals surface area contributed by atoms with Crippen LogP contribution < -0.4 is 0 Å². The third-order valence-electron chi connectivity index (χ3n) is 5.47. The van der Waals surface area contributed by atoms with Crippen LogP contribution in [0, 0.1) is 0 Å². The van der Waals surface area contributed by atoms with Gasteiger partial charge in [-0.2, -0.15) is 0 Å². The molecule has 0 amide bonds. The smallest absolute Gasteiger partial charge is 0.117 e. The van der Waals surface area contributed by atoms with Crippen molar-refractivity contribution in [1.82, 2.24) is 0 Å². The second-order valence-corrected chi connectivity index (χ2v) is 7.03. The highest BCUT2D eigenvalue weighted by molar-refractivity contribution is 6.16. The van der Waals surface area contributed by atoms with Gasteiger partial charge in [0.2, 0.25) is 0 Å². The number of hydrogen-bond donors (Lipinski definition) is 1. The molecule has 4 aromatic rings. The quantitative estimate of drug-likeness (QED) is 0.233. The minimum Gasteiger partial charge on any atom is -0.410 e. The second-order valence-electron chi connectivity index (χ2n) is 7.03. The molecule has 1 aliphatic rings. The Morgan fingerprint density at radius 2 is 1.21 bits per heavy atom. The van der Waals surface area contributed by atoms with E-state index < -0.39 is 0 Å². The van der Waals surface area contributed by atoms with Crippen LogP contribution in [0.5, 0.6) is 0 Å². The van der Waals surface area contributed by atoms with Crippen molar-refractivity contribution in [2.24, 2.45) is 5.16 Å². The lowest BCUT2D eigenvalue weighted by molar-refractivity contribution is 0.319. The van der Waals surface area contributed by atoms with Crippen molar-refractivity contribution in [2.45, 2.75) is 6.42 Å². The Morgan fingerprint density at radius 1 is 0.607 bits per heavy atom. The van der Waals surface area contributed by atoms with Crippen LogP contribution >= 0.6 is 0 Å². The lowest BCUT2D eigenvalue weighted by Gasteiger charge is -2.15. The third-order valence-corrected chi connectivity index (χ3v) is 5.47. The first-order valence-electron chi connectivity index (χ1n) is 9.44. The predicted octanol–water partition coefficient (Wildman–Crippen LogP) is 6.15. The summed E-state index contributed by atoms with van der Waals surface area (Å²) < 4.78 is 0. The molecule has 0 atom stereocenters. The van der Waals surface area contributed by atoms with E-state index in [0.717, 1.165) is 23.1 Å². The summed E-state index contributed by atoms with van der Waals surface area (Å²) in [5.41, 5.74) is 10.0. The Morgan fingerprint density at radius 3 is 2.00 bits per heavy atom. The van der Waals surface area contributed by atoms with Crippen LogP contribution in [0.15, 0.2) is 102 Å². The molecule has 1 aliphatic carbocycles. The number of oxime groups is 1. The summed E-state index contributed by atoms with van der Waals surface area (Å²) in [5, 5.41) is 13.5. The average Bonchev–Trinajstić information content (AvgIpc) is 3.14. The molecule has 2 nitrogen and oxygen atoms in total. The molecule has 0 fully saturated rings. The summed E-state index contributed by atoms with van der Waals surface area (Å²) in [6.45, 7) is 0. The van der Waals surface area contributed by atoms with Gasteiger partial charge in [0.15, 0.2) is 0 Å². The molecule has 0 radical (unpaired) electrons. The maximum Gasteiger partial charge on any atom is 0.117 e. The van der Waals surface area contributed by atoms with E-state index in [-0.39, 0.29) is 0 Å². The summed E-state index contributed by atoms with van der Waals surface area (Å²) in [4.78, 5) is 0. The lowest BCUT2D eigenvalue weighted by Crippen LogP contribution is -2.06. The number of hydrogen-bond acceptors (Lipinski definition) is 2. The zero-order valence-corrected chi connectivity index (χ0v) is 15.3. The molecule has 28 heavy (non-hydrogen) atoms. The molecule has 4 aromatic carbocycles. The van der Waals surface area contributed by atoms with Crippen molar-refractivity contribution in [1.29, 1.82) is 0 Å². The molecule has 0 saturated heterocycles. The van der Waals surface area contributed by atoms with Crippen molar-refractivity contribution in [3.05, 3.63) is 119 Å². The topological polar surface area (TPSA) is 32.6 Å². The fourth-order valence-electron chi connectivity index (χ4n) is 4.20. The third kappa shape index (κ3) is 2.62. The van der Waals surface area contributed by atoms with Gasteiger partial charge in [-0.25, -0.2) is 0 Å². The molecule has 0 heterocycles. The first kappa shape index (κ1) is 16.5. The Bertz CT molecular complexity index is 1190. The normalized spacial score (nSPS) is 12.5. The molecule has 134 valence electrons. The molecule has 5 rings (SSSR count). The van der Waals surface area contributed by atoms with E-state index in [1.807, 2.05) is 48.5 Å². The predicted molar refractivity (Wildman–Crippen MR) is 114 cm³/mol. The molecule has 0 aliphatic heterocycles. The van der Waals surface area contributed by atoms with Crippen LogP contribution in [-0.4, -0.2) is 10.9 Å². The highest BCUT2D eigenvalue weighted by Crippen LogP contribution is 2.42. The fraction of sp³-hybridized carbons (Fsp3) is 0.0385. The molecular formula is C26H19NO. The standard InChI is InChI=1S/C26H19NO/c28-27-26(18-9-2-1-3-10-18)24-14-7-6-13-22(24)23-16-8-15-21-20-12-5-4-11-19(20)17-25(21)23/h1-16,28H,17H2. The number of rotatable bonds is 3. The van der Waals surface area contributed by atoms with Gasteiger partial charge in [-0.05, 0) is 39.8 Å². The highest BCUT2D eigenvalue weighted by atomic mass is 16.4. The van der Waals surface area contributed by atoms with E-state index in [4.69, 9.17) is 0 Å². The minimum absolute atomic E-state index is 0.587. The maximum absolute atomic E-state index is 9.83. The molecule has 2 heteroatoms. The Labute approximate surface area is 164 Å². The summed E-state index contributed by atoms with van der Waals surface area (Å²) in [6.07, 6.45) is 0.924. The van der Waals surface area contributed by atoms with Gasteiger partial charge in [-0.1, -0.05) is 102 Å². The molecule has 0 spiro atoms. The SMILES string of the molecule is ON=C(c1ccccc1)c1ccccc1-c1cccc2c1Cc1ccccc1-2. The van der Waals surface area contributed by atoms with Crippen LogP contribution in [-0.2, 0) is 6.42 Å². The zero-order chi connectivity index (χ0) is 18.9. The van der Waals surface area contributed by atoms with Gasteiger partial charge < -0.3 is 5.21 Å². The maximum atomic E-state index is 9.83. The summed E-state index contributed by atoms with van der Waals surface area (Å²) in [7, 11) is 0. The van der Waals surface area contributed by atoms with Gasteiger partial charge in [-0.15, -0.1) is 0 Å². The van der Waals surface area contributed by atoms with Crippen LogP contribution in [0.4, 0.5) is 0 Å². The van der Waals surface area contributed by atoms with Gasteiger partial charge in [0.1, 0.15) is 5.71 Å². The number of fused-ring (bicyclic) bond motifs is 3. The lowest BCUT2D eigenvalue weighted by atomic mass is 9.89. The van der Waals surface area contributed by atoms with E-state index >= 15 is 0 Å². The first-order chi connectivity index (χ1) is 13.9. The molecule has 0 saturated carbocycles. The number of nitrogens with zero attached hydrogens (tertiary/aromatic N) is 1. The van der Waals surface area contributed by atoms with Crippen molar-refractivity contribution in [3.63, 3.8) is 0 Å². The van der Waals surface area contributed by atoms with Crippen molar-refractivity contribution < 1.29 is 5.21 Å². The van der Waals surface area contributed by atoms with Gasteiger partial charge in [-0.3, -0.25) is 0 Å². The van der Waals surface area contributed by atoms with Crippen LogP contribution in [0.2, 0.25) is 0 Å². The monoisotopic (exact) mass is 361 g/mol. The molecule has 0 bridgehead atoms. The van der Waals surface area contributed by atoms with E-state index in [1.54, 1.807) is 0 Å². The Balaban J connectivity index is 1.70.